The smallest absolute Gasteiger partial charge is 0.251 e. The summed E-state index contributed by atoms with van der Waals surface area (Å²) in [5.41, 5.74) is 1.39. The lowest BCUT2D eigenvalue weighted by atomic mass is 10.0. The molecule has 0 atom stereocenters. The Hall–Kier alpha value is -2.01. The summed E-state index contributed by atoms with van der Waals surface area (Å²) in [6, 6.07) is 13.1. The minimum absolute atomic E-state index is 0.0650. The maximum absolute atomic E-state index is 12.5. The molecule has 3 rings (SSSR count). The first-order valence-electron chi connectivity index (χ1n) is 7.38. The standard InChI is InChI=1S/C18H18BrNO3/c1-22-15-8-5-13(11-16(15)23-2)18(9-10-18)20-17(21)12-3-6-14(19)7-4-12/h3-8,11H,9-10H2,1-2H3,(H,20,21). The summed E-state index contributed by atoms with van der Waals surface area (Å²) < 4.78 is 11.6. The number of carbonyl (C=O) groups is 1. The summed E-state index contributed by atoms with van der Waals surface area (Å²) in [4.78, 5) is 12.5. The second-order valence-corrected chi connectivity index (χ2v) is 6.53. The Balaban J connectivity index is 1.82. The minimum Gasteiger partial charge on any atom is -0.493 e. The van der Waals surface area contributed by atoms with Crippen LogP contribution in [-0.4, -0.2) is 20.1 Å². The molecule has 120 valence electrons. The fraction of sp³-hybridized carbons (Fsp3) is 0.278. The number of benzene rings is 2. The molecule has 4 nitrogen and oxygen atoms in total. The molecule has 0 heterocycles. The average Bonchev–Trinajstić information content (AvgIpc) is 3.35. The van der Waals surface area contributed by atoms with Crippen molar-refractivity contribution in [1.29, 1.82) is 0 Å². The maximum Gasteiger partial charge on any atom is 0.251 e. The molecule has 23 heavy (non-hydrogen) atoms. The Kier molecular flexibility index (Phi) is 4.31. The van der Waals surface area contributed by atoms with Crippen molar-refractivity contribution in [3.63, 3.8) is 0 Å². The molecule has 0 bridgehead atoms. The number of rotatable bonds is 5. The van der Waals surface area contributed by atoms with Crippen LogP contribution >= 0.6 is 15.9 Å². The van der Waals surface area contributed by atoms with Gasteiger partial charge in [-0.25, -0.2) is 0 Å². The van der Waals surface area contributed by atoms with Crippen LogP contribution in [0, 0.1) is 0 Å². The second-order valence-electron chi connectivity index (χ2n) is 5.61. The lowest BCUT2D eigenvalue weighted by Crippen LogP contribution is -2.34. The number of hydrogen-bond donors (Lipinski definition) is 1. The molecule has 0 unspecified atom stereocenters. The highest BCUT2D eigenvalue weighted by Crippen LogP contribution is 2.47. The van der Waals surface area contributed by atoms with Crippen LogP contribution in [0.1, 0.15) is 28.8 Å². The summed E-state index contributed by atoms with van der Waals surface area (Å²) in [5.74, 6) is 1.30. The van der Waals surface area contributed by atoms with Gasteiger partial charge in [0.05, 0.1) is 19.8 Å². The third kappa shape index (κ3) is 3.20. The van der Waals surface area contributed by atoms with Gasteiger partial charge in [0.2, 0.25) is 0 Å². The third-order valence-electron chi connectivity index (χ3n) is 4.15. The first kappa shape index (κ1) is 15.9. The SMILES string of the molecule is COc1ccc(C2(NC(=O)c3ccc(Br)cc3)CC2)cc1OC. The van der Waals surface area contributed by atoms with Crippen LogP contribution in [0.2, 0.25) is 0 Å². The van der Waals surface area contributed by atoms with E-state index < -0.39 is 0 Å². The van der Waals surface area contributed by atoms with Crippen LogP contribution in [0.3, 0.4) is 0 Å². The zero-order valence-corrected chi connectivity index (χ0v) is 14.6. The van der Waals surface area contributed by atoms with Crippen molar-refractivity contribution < 1.29 is 14.3 Å². The molecule has 0 aromatic heterocycles. The van der Waals surface area contributed by atoms with E-state index in [1.807, 2.05) is 42.5 Å². The van der Waals surface area contributed by atoms with E-state index in [0.717, 1.165) is 22.9 Å². The number of hydrogen-bond acceptors (Lipinski definition) is 3. The number of methoxy groups -OCH3 is 2. The Morgan fingerprint density at radius 1 is 1.04 bits per heavy atom. The minimum atomic E-state index is -0.302. The van der Waals surface area contributed by atoms with Gasteiger partial charge in [-0.15, -0.1) is 0 Å². The van der Waals surface area contributed by atoms with Crippen molar-refractivity contribution in [3.05, 3.63) is 58.1 Å². The van der Waals surface area contributed by atoms with Crippen LogP contribution in [-0.2, 0) is 5.54 Å². The summed E-state index contributed by atoms with van der Waals surface area (Å²) in [6.07, 6.45) is 1.84. The Bertz CT molecular complexity index is 724. The molecular weight excluding hydrogens is 358 g/mol. The van der Waals surface area contributed by atoms with E-state index in [9.17, 15) is 4.79 Å². The van der Waals surface area contributed by atoms with E-state index in [1.54, 1.807) is 14.2 Å². The maximum atomic E-state index is 12.5. The summed E-state index contributed by atoms with van der Waals surface area (Å²) in [5, 5.41) is 3.16. The predicted octanol–water partition coefficient (Wildman–Crippen LogP) is 3.89. The van der Waals surface area contributed by atoms with Gasteiger partial charge in [0.25, 0.3) is 5.91 Å². The predicted molar refractivity (Wildman–Crippen MR) is 92.1 cm³/mol. The number of ether oxygens (including phenoxy) is 2. The Morgan fingerprint density at radius 3 is 2.26 bits per heavy atom. The molecule has 1 amide bonds. The van der Waals surface area contributed by atoms with Crippen molar-refractivity contribution in [2.45, 2.75) is 18.4 Å². The molecule has 1 N–H and O–H groups in total. The van der Waals surface area contributed by atoms with Crippen LogP contribution in [0.25, 0.3) is 0 Å². The third-order valence-corrected chi connectivity index (χ3v) is 4.67. The number of nitrogens with one attached hydrogen (secondary N) is 1. The zero-order valence-electron chi connectivity index (χ0n) is 13.1. The Labute approximate surface area is 143 Å². The molecule has 5 heteroatoms. The zero-order chi connectivity index (χ0) is 16.4. The fourth-order valence-electron chi connectivity index (χ4n) is 2.64. The van der Waals surface area contributed by atoms with Gasteiger partial charge < -0.3 is 14.8 Å². The largest absolute Gasteiger partial charge is 0.493 e. The summed E-state index contributed by atoms with van der Waals surface area (Å²) >= 11 is 3.38. The van der Waals surface area contributed by atoms with Crippen molar-refractivity contribution in [1.82, 2.24) is 5.32 Å². The van der Waals surface area contributed by atoms with Gasteiger partial charge in [-0.05, 0) is 54.8 Å². The summed E-state index contributed by atoms with van der Waals surface area (Å²) in [6.45, 7) is 0. The normalized spacial score (nSPS) is 14.9. The van der Waals surface area contributed by atoms with Gasteiger partial charge in [0.15, 0.2) is 11.5 Å². The number of halogens is 1. The fourth-order valence-corrected chi connectivity index (χ4v) is 2.90. The molecule has 2 aromatic rings. The van der Waals surface area contributed by atoms with Crippen LogP contribution < -0.4 is 14.8 Å². The molecule has 0 aliphatic heterocycles. The molecule has 0 spiro atoms. The first-order valence-corrected chi connectivity index (χ1v) is 8.18. The van der Waals surface area contributed by atoms with Crippen molar-refractivity contribution in [2.75, 3.05) is 14.2 Å². The number of amides is 1. The van der Waals surface area contributed by atoms with Gasteiger partial charge in [0, 0.05) is 10.0 Å². The topological polar surface area (TPSA) is 47.6 Å². The lowest BCUT2D eigenvalue weighted by Gasteiger charge is -2.19. The van der Waals surface area contributed by atoms with Gasteiger partial charge in [-0.2, -0.15) is 0 Å². The van der Waals surface area contributed by atoms with E-state index in [2.05, 4.69) is 21.2 Å². The molecule has 1 saturated carbocycles. The van der Waals surface area contributed by atoms with Gasteiger partial charge in [-0.1, -0.05) is 22.0 Å². The van der Waals surface area contributed by atoms with Crippen LogP contribution in [0.15, 0.2) is 46.9 Å². The molecule has 0 saturated heterocycles. The molecule has 0 radical (unpaired) electrons. The lowest BCUT2D eigenvalue weighted by molar-refractivity contribution is 0.0930. The molecule has 1 aliphatic rings. The number of carbonyl (C=O) groups excluding carboxylic acids is 1. The quantitative estimate of drug-likeness (QED) is 0.862. The highest BCUT2D eigenvalue weighted by molar-refractivity contribution is 9.10. The van der Waals surface area contributed by atoms with E-state index in [4.69, 9.17) is 9.47 Å². The monoisotopic (exact) mass is 375 g/mol. The highest BCUT2D eigenvalue weighted by Gasteiger charge is 2.46. The van der Waals surface area contributed by atoms with Gasteiger partial charge >= 0.3 is 0 Å². The van der Waals surface area contributed by atoms with Crippen LogP contribution in [0.5, 0.6) is 11.5 Å². The van der Waals surface area contributed by atoms with Crippen LogP contribution in [0.4, 0.5) is 0 Å². The van der Waals surface area contributed by atoms with E-state index >= 15 is 0 Å². The summed E-state index contributed by atoms with van der Waals surface area (Å²) in [7, 11) is 3.22. The molecular formula is C18H18BrNO3. The molecule has 1 aliphatic carbocycles. The average molecular weight is 376 g/mol. The Morgan fingerprint density at radius 2 is 1.70 bits per heavy atom. The highest BCUT2D eigenvalue weighted by atomic mass is 79.9. The van der Waals surface area contributed by atoms with Crippen molar-refractivity contribution >= 4 is 21.8 Å². The van der Waals surface area contributed by atoms with Crippen molar-refractivity contribution in [3.8, 4) is 11.5 Å². The molecule has 2 aromatic carbocycles. The van der Waals surface area contributed by atoms with E-state index in [1.165, 1.54) is 0 Å². The van der Waals surface area contributed by atoms with Gasteiger partial charge in [0.1, 0.15) is 0 Å². The first-order chi connectivity index (χ1) is 11.1. The van der Waals surface area contributed by atoms with E-state index in [-0.39, 0.29) is 11.4 Å². The van der Waals surface area contributed by atoms with Crippen molar-refractivity contribution in [2.24, 2.45) is 0 Å². The second kappa shape index (κ2) is 6.24. The van der Waals surface area contributed by atoms with Gasteiger partial charge in [-0.3, -0.25) is 4.79 Å². The van der Waals surface area contributed by atoms with E-state index in [0.29, 0.717) is 17.1 Å². The molecule has 1 fully saturated rings.